The van der Waals surface area contributed by atoms with Crippen molar-refractivity contribution in [3.8, 4) is 0 Å². The molecule has 0 bridgehead atoms. The molecule has 21 heavy (non-hydrogen) atoms. The summed E-state index contributed by atoms with van der Waals surface area (Å²) in [5, 5.41) is 1.58. The van der Waals surface area contributed by atoms with Crippen LogP contribution in [0.4, 0.5) is 5.82 Å². The van der Waals surface area contributed by atoms with Crippen molar-refractivity contribution >= 4 is 29.3 Å². The minimum atomic E-state index is 0.0514. The van der Waals surface area contributed by atoms with Crippen LogP contribution in [0.25, 0.3) is 0 Å². The molecule has 4 nitrogen and oxygen atoms in total. The fraction of sp³-hybridized carbons (Fsp3) is 0.200. The lowest BCUT2D eigenvalue weighted by atomic mass is 10.0. The first-order valence-electron chi connectivity index (χ1n) is 6.47. The van der Waals surface area contributed by atoms with E-state index in [4.69, 9.17) is 10.5 Å². The zero-order valence-corrected chi connectivity index (χ0v) is 13.2. The molecule has 1 aromatic heterocycles. The predicted octanol–water partition coefficient (Wildman–Crippen LogP) is 3.21. The first kappa shape index (κ1) is 14.3. The van der Waals surface area contributed by atoms with Crippen LogP contribution in [0, 0.1) is 0 Å². The molecule has 1 aromatic rings. The van der Waals surface area contributed by atoms with Crippen LogP contribution in [0.3, 0.4) is 0 Å². The van der Waals surface area contributed by atoms with Gasteiger partial charge in [0.05, 0.1) is 6.26 Å². The molecular weight excluding hydrogens is 302 g/mol. The molecule has 0 amide bonds. The van der Waals surface area contributed by atoms with E-state index >= 15 is 0 Å². The summed E-state index contributed by atoms with van der Waals surface area (Å²) in [7, 11) is 0. The second kappa shape index (κ2) is 6.41. The Labute approximate surface area is 132 Å². The molecule has 0 saturated heterocycles. The highest BCUT2D eigenvalue weighted by atomic mass is 32.2. The zero-order chi connectivity index (χ0) is 14.7. The van der Waals surface area contributed by atoms with Crippen molar-refractivity contribution in [3.63, 3.8) is 0 Å². The van der Waals surface area contributed by atoms with Gasteiger partial charge in [0.2, 0.25) is 0 Å². The first-order chi connectivity index (χ1) is 10.2. The Morgan fingerprint density at radius 1 is 1.33 bits per heavy atom. The van der Waals surface area contributed by atoms with E-state index < -0.39 is 0 Å². The summed E-state index contributed by atoms with van der Waals surface area (Å²) in [5.41, 5.74) is 8.07. The van der Waals surface area contributed by atoms with Gasteiger partial charge in [-0.05, 0) is 29.6 Å². The van der Waals surface area contributed by atoms with Crippen molar-refractivity contribution < 1.29 is 4.74 Å². The SMILES string of the molecule is CSc1cc(N)nc(SCC2=COC3C=CC=CC3=C2)n1. The van der Waals surface area contributed by atoms with Gasteiger partial charge in [-0.2, -0.15) is 0 Å². The fourth-order valence-electron chi connectivity index (χ4n) is 2.01. The maximum absolute atomic E-state index is 5.79. The molecule has 2 heterocycles. The number of hydrogen-bond donors (Lipinski definition) is 1. The molecule has 1 unspecified atom stereocenters. The van der Waals surface area contributed by atoms with Crippen molar-refractivity contribution in [1.29, 1.82) is 0 Å². The molecule has 1 aliphatic carbocycles. The third kappa shape index (κ3) is 3.51. The molecule has 0 fully saturated rings. The average Bonchev–Trinajstić information content (AvgIpc) is 2.52. The van der Waals surface area contributed by atoms with Crippen molar-refractivity contribution in [2.24, 2.45) is 0 Å². The number of fused-ring (bicyclic) bond motifs is 1. The number of nitrogen functional groups attached to an aromatic ring is 1. The highest BCUT2D eigenvalue weighted by Crippen LogP contribution is 2.27. The Morgan fingerprint density at radius 3 is 3.10 bits per heavy atom. The van der Waals surface area contributed by atoms with E-state index in [0.717, 1.165) is 16.4 Å². The van der Waals surface area contributed by atoms with Gasteiger partial charge in [0.15, 0.2) is 5.16 Å². The van der Waals surface area contributed by atoms with E-state index in [1.807, 2.05) is 30.7 Å². The quantitative estimate of drug-likeness (QED) is 0.523. The molecule has 0 spiro atoms. The second-order valence-corrected chi connectivity index (χ2v) is 6.31. The van der Waals surface area contributed by atoms with Gasteiger partial charge in [0.1, 0.15) is 16.9 Å². The highest BCUT2D eigenvalue weighted by Gasteiger charge is 2.16. The Hall–Kier alpha value is -1.66. The van der Waals surface area contributed by atoms with Crippen molar-refractivity contribution in [1.82, 2.24) is 9.97 Å². The van der Waals surface area contributed by atoms with Crippen LogP contribution in [-0.4, -0.2) is 28.1 Å². The molecule has 0 aromatic carbocycles. The molecule has 6 heteroatoms. The molecule has 0 radical (unpaired) electrons. The van der Waals surface area contributed by atoms with Gasteiger partial charge in [0, 0.05) is 11.8 Å². The Bertz CT molecular complexity index is 665. The second-order valence-electron chi connectivity index (χ2n) is 4.54. The molecule has 3 rings (SSSR count). The van der Waals surface area contributed by atoms with E-state index in [0.29, 0.717) is 11.0 Å². The van der Waals surface area contributed by atoms with E-state index in [9.17, 15) is 0 Å². The Balaban J connectivity index is 1.67. The van der Waals surface area contributed by atoms with Gasteiger partial charge in [-0.3, -0.25) is 0 Å². The van der Waals surface area contributed by atoms with Crippen molar-refractivity contribution in [2.75, 3.05) is 17.7 Å². The van der Waals surface area contributed by atoms with Gasteiger partial charge >= 0.3 is 0 Å². The van der Waals surface area contributed by atoms with Gasteiger partial charge in [0.25, 0.3) is 0 Å². The molecule has 108 valence electrons. The lowest BCUT2D eigenvalue weighted by Gasteiger charge is -2.21. The van der Waals surface area contributed by atoms with Crippen LogP contribution >= 0.6 is 23.5 Å². The third-order valence-corrected chi connectivity index (χ3v) is 4.56. The van der Waals surface area contributed by atoms with Crippen LogP contribution in [0.1, 0.15) is 0 Å². The van der Waals surface area contributed by atoms with Crippen molar-refractivity contribution in [3.05, 3.63) is 53.9 Å². The third-order valence-electron chi connectivity index (χ3n) is 3.01. The van der Waals surface area contributed by atoms with E-state index in [1.165, 1.54) is 5.57 Å². The minimum Gasteiger partial charge on any atom is -0.489 e. The minimum absolute atomic E-state index is 0.0514. The molecule has 2 N–H and O–H groups in total. The molecule has 0 saturated carbocycles. The first-order valence-corrected chi connectivity index (χ1v) is 8.68. The average molecular weight is 317 g/mol. The summed E-state index contributed by atoms with van der Waals surface area (Å²) >= 11 is 3.12. The number of nitrogens with zero attached hydrogens (tertiary/aromatic N) is 2. The van der Waals surface area contributed by atoms with Crippen LogP contribution in [-0.2, 0) is 4.74 Å². The number of rotatable bonds is 4. The topological polar surface area (TPSA) is 61.0 Å². The summed E-state index contributed by atoms with van der Waals surface area (Å²) in [6, 6.07) is 1.78. The van der Waals surface area contributed by atoms with Gasteiger partial charge < -0.3 is 10.5 Å². The largest absolute Gasteiger partial charge is 0.489 e. The van der Waals surface area contributed by atoms with E-state index in [2.05, 4.69) is 22.1 Å². The molecular formula is C15H15N3OS2. The zero-order valence-electron chi connectivity index (χ0n) is 11.5. The predicted molar refractivity (Wildman–Crippen MR) is 88.3 cm³/mol. The van der Waals surface area contributed by atoms with Crippen molar-refractivity contribution in [2.45, 2.75) is 16.3 Å². The maximum atomic E-state index is 5.79. The summed E-state index contributed by atoms with van der Waals surface area (Å²) in [6.07, 6.45) is 14.1. The fourth-order valence-corrected chi connectivity index (χ4v) is 3.27. The van der Waals surface area contributed by atoms with Gasteiger partial charge in [-0.15, -0.1) is 11.8 Å². The number of ether oxygens (including phenoxy) is 1. The van der Waals surface area contributed by atoms with E-state index in [1.54, 1.807) is 29.6 Å². The van der Waals surface area contributed by atoms with Crippen LogP contribution in [0.15, 0.2) is 64.0 Å². The summed E-state index contributed by atoms with van der Waals surface area (Å²) in [6.45, 7) is 0. The number of anilines is 1. The normalized spacial score (nSPS) is 19.6. The standard InChI is InChI=1S/C15H15N3OS2/c1-20-14-7-13(16)17-15(18-14)21-9-10-6-11-4-2-3-5-12(11)19-8-10/h2-8,12H,9H2,1H3,(H2,16,17,18). The van der Waals surface area contributed by atoms with Crippen LogP contribution in [0.2, 0.25) is 0 Å². The Kier molecular flexibility index (Phi) is 4.36. The number of allylic oxidation sites excluding steroid dienone is 3. The smallest absolute Gasteiger partial charge is 0.190 e. The molecule has 2 aliphatic rings. The van der Waals surface area contributed by atoms with Crippen LogP contribution in [0.5, 0.6) is 0 Å². The highest BCUT2D eigenvalue weighted by molar-refractivity contribution is 7.99. The molecule has 1 atom stereocenters. The molecule has 1 aliphatic heterocycles. The lowest BCUT2D eigenvalue weighted by Crippen LogP contribution is -2.15. The lowest BCUT2D eigenvalue weighted by molar-refractivity contribution is 0.213. The summed E-state index contributed by atoms with van der Waals surface area (Å²) < 4.78 is 5.70. The maximum Gasteiger partial charge on any atom is 0.190 e. The number of aromatic nitrogens is 2. The van der Waals surface area contributed by atoms with Gasteiger partial charge in [-0.1, -0.05) is 30.0 Å². The summed E-state index contributed by atoms with van der Waals surface area (Å²) in [4.78, 5) is 8.69. The van der Waals surface area contributed by atoms with Crippen LogP contribution < -0.4 is 5.73 Å². The summed E-state index contributed by atoms with van der Waals surface area (Å²) in [5.74, 6) is 1.26. The Morgan fingerprint density at radius 2 is 2.24 bits per heavy atom. The number of thioether (sulfide) groups is 2. The van der Waals surface area contributed by atoms with E-state index in [-0.39, 0.29) is 6.10 Å². The monoisotopic (exact) mass is 317 g/mol. The number of hydrogen-bond acceptors (Lipinski definition) is 6. The number of nitrogens with two attached hydrogens (primary N) is 1. The van der Waals surface area contributed by atoms with Gasteiger partial charge in [-0.25, -0.2) is 9.97 Å².